The van der Waals surface area contributed by atoms with Crippen LogP contribution >= 0.6 is 0 Å². The Morgan fingerprint density at radius 3 is 2.00 bits per heavy atom. The zero-order chi connectivity index (χ0) is 8.81. The van der Waals surface area contributed by atoms with E-state index < -0.39 is 21.1 Å². The molecule has 0 aromatic heterocycles. The average molecular weight is 281 g/mol. The summed E-state index contributed by atoms with van der Waals surface area (Å²) in [6.45, 7) is 5.84. The quantitative estimate of drug-likeness (QED) is 0.721. The summed E-state index contributed by atoms with van der Waals surface area (Å²) in [5.41, 5.74) is 0. The van der Waals surface area contributed by atoms with Crippen molar-refractivity contribution in [2.45, 2.75) is 43.4 Å². The van der Waals surface area contributed by atoms with Gasteiger partial charge in [0.05, 0.1) is 0 Å². The Labute approximate surface area is 83.7 Å². The van der Waals surface area contributed by atoms with Crippen molar-refractivity contribution in [3.05, 3.63) is 0 Å². The Morgan fingerprint density at radius 1 is 1.08 bits per heavy atom. The Kier molecular flexibility index (Phi) is 5.62. The molecule has 0 unspecified atom stereocenters. The Hall–Kier alpha value is 0.738. The van der Waals surface area contributed by atoms with Crippen molar-refractivity contribution in [1.82, 2.24) is 0 Å². The molecular weight excluding hydrogens is 262 g/mol. The summed E-state index contributed by atoms with van der Waals surface area (Å²) >= 11 is -1.72. The number of hydrogen-bond acceptors (Lipinski definition) is 2. The molecule has 0 bridgehead atoms. The maximum atomic E-state index is 5.73. The standard InChI is InChI=1S/C5H9.2C2H5O.Sb/c1-2-4-5-3-1;2*1-2-3;/h1H,2-5H2;2*2H2,1H3;/q;2*-1;+2. The second-order valence-corrected chi connectivity index (χ2v) is 8.25. The molecule has 1 rings (SSSR count). The van der Waals surface area contributed by atoms with Gasteiger partial charge in [-0.1, -0.05) is 0 Å². The van der Waals surface area contributed by atoms with E-state index in [0.29, 0.717) is 0 Å². The van der Waals surface area contributed by atoms with Crippen molar-refractivity contribution in [3.63, 3.8) is 0 Å². The fraction of sp³-hybridized carbons (Fsp3) is 1.00. The minimum absolute atomic E-state index is 0.841. The van der Waals surface area contributed by atoms with Crippen molar-refractivity contribution in [3.8, 4) is 0 Å². The van der Waals surface area contributed by atoms with Crippen LogP contribution in [0.4, 0.5) is 0 Å². The molecule has 0 aromatic rings. The molecule has 0 atom stereocenters. The van der Waals surface area contributed by atoms with E-state index in [4.69, 9.17) is 6.03 Å². The van der Waals surface area contributed by atoms with E-state index in [1.54, 1.807) is 0 Å². The van der Waals surface area contributed by atoms with E-state index in [1.807, 2.05) is 0 Å². The van der Waals surface area contributed by atoms with E-state index in [-0.39, 0.29) is 0 Å². The van der Waals surface area contributed by atoms with Crippen LogP contribution in [0.15, 0.2) is 0 Å². The molecule has 0 spiro atoms. The summed E-state index contributed by atoms with van der Waals surface area (Å²) in [4.78, 5) is 0. The summed E-state index contributed by atoms with van der Waals surface area (Å²) in [5, 5.41) is 0. The van der Waals surface area contributed by atoms with E-state index in [1.165, 1.54) is 25.7 Å². The van der Waals surface area contributed by atoms with E-state index in [9.17, 15) is 0 Å². The molecule has 0 amide bonds. The first-order valence-corrected chi connectivity index (χ1v) is 8.49. The van der Waals surface area contributed by atoms with E-state index in [2.05, 4.69) is 13.8 Å². The van der Waals surface area contributed by atoms with Gasteiger partial charge in [0.1, 0.15) is 0 Å². The van der Waals surface area contributed by atoms with Gasteiger partial charge in [-0.2, -0.15) is 0 Å². The molecule has 0 saturated heterocycles. The third kappa shape index (κ3) is 3.24. The van der Waals surface area contributed by atoms with Crippen LogP contribution in [-0.2, 0) is 6.03 Å². The second-order valence-electron chi connectivity index (χ2n) is 3.06. The minimum atomic E-state index is -1.72. The third-order valence-corrected chi connectivity index (χ3v) is 8.24. The van der Waals surface area contributed by atoms with Gasteiger partial charge in [0.25, 0.3) is 0 Å². The summed E-state index contributed by atoms with van der Waals surface area (Å²) in [7, 11) is 0. The Morgan fingerprint density at radius 2 is 1.58 bits per heavy atom. The van der Waals surface area contributed by atoms with Gasteiger partial charge in [0, 0.05) is 0 Å². The molecule has 0 N–H and O–H groups in total. The molecule has 12 heavy (non-hydrogen) atoms. The summed E-state index contributed by atoms with van der Waals surface area (Å²) in [6, 6.07) is 0. The van der Waals surface area contributed by atoms with Crippen molar-refractivity contribution < 1.29 is 6.03 Å². The van der Waals surface area contributed by atoms with E-state index in [0.717, 1.165) is 17.1 Å². The van der Waals surface area contributed by atoms with Crippen LogP contribution in [0.25, 0.3) is 0 Å². The van der Waals surface area contributed by atoms with Crippen LogP contribution in [0.3, 0.4) is 0 Å². The fourth-order valence-electron chi connectivity index (χ4n) is 1.62. The summed E-state index contributed by atoms with van der Waals surface area (Å²) < 4.78 is 12.3. The predicted octanol–water partition coefficient (Wildman–Crippen LogP) is 2.49. The molecule has 0 radical (unpaired) electrons. The van der Waals surface area contributed by atoms with Crippen molar-refractivity contribution in [1.29, 1.82) is 0 Å². The first-order chi connectivity index (χ1) is 5.88. The Balaban J connectivity index is 2.29. The van der Waals surface area contributed by atoms with Gasteiger partial charge < -0.3 is 0 Å². The average Bonchev–Trinajstić information content (AvgIpc) is 2.56. The first kappa shape index (κ1) is 10.8. The molecule has 0 heterocycles. The molecule has 72 valence electrons. The zero-order valence-electron chi connectivity index (χ0n) is 8.08. The molecule has 1 fully saturated rings. The molecule has 1 saturated carbocycles. The SMILES string of the molecule is CC[O][Sb]([O]CC)[CH]1CCCC1. The summed E-state index contributed by atoms with van der Waals surface area (Å²) in [6.07, 6.45) is 5.52. The topological polar surface area (TPSA) is 18.5 Å². The van der Waals surface area contributed by atoms with Crippen LogP contribution < -0.4 is 0 Å². The van der Waals surface area contributed by atoms with Gasteiger partial charge >= 0.3 is 83.7 Å². The maximum absolute atomic E-state index is 5.73. The molecular formula is C9H19O2Sb. The number of hydrogen-bond donors (Lipinski definition) is 0. The van der Waals surface area contributed by atoms with Gasteiger partial charge in [-0.05, 0) is 0 Å². The molecule has 1 aliphatic rings. The van der Waals surface area contributed by atoms with Crippen molar-refractivity contribution in [2.75, 3.05) is 13.2 Å². The van der Waals surface area contributed by atoms with Crippen LogP contribution in [0, 0.1) is 0 Å². The monoisotopic (exact) mass is 280 g/mol. The van der Waals surface area contributed by atoms with E-state index >= 15 is 0 Å². The van der Waals surface area contributed by atoms with Crippen LogP contribution in [0.2, 0.25) is 3.86 Å². The molecule has 2 nitrogen and oxygen atoms in total. The Bertz CT molecular complexity index is 107. The van der Waals surface area contributed by atoms with Gasteiger partial charge in [-0.25, -0.2) is 0 Å². The third-order valence-electron chi connectivity index (χ3n) is 2.14. The van der Waals surface area contributed by atoms with Gasteiger partial charge in [-0.15, -0.1) is 0 Å². The first-order valence-electron chi connectivity index (χ1n) is 4.93. The molecule has 1 aliphatic carbocycles. The van der Waals surface area contributed by atoms with Gasteiger partial charge in [-0.3, -0.25) is 0 Å². The van der Waals surface area contributed by atoms with Crippen LogP contribution in [-0.4, -0.2) is 34.3 Å². The predicted molar refractivity (Wildman–Crippen MR) is 51.2 cm³/mol. The molecule has 3 heteroatoms. The second kappa shape index (κ2) is 6.23. The summed E-state index contributed by atoms with van der Waals surface area (Å²) in [5.74, 6) is 0. The van der Waals surface area contributed by atoms with Crippen molar-refractivity contribution >= 4 is 21.1 Å². The normalized spacial score (nSPS) is 19.2. The zero-order valence-corrected chi connectivity index (χ0v) is 10.6. The molecule has 0 aromatic carbocycles. The van der Waals surface area contributed by atoms with Crippen molar-refractivity contribution in [2.24, 2.45) is 0 Å². The van der Waals surface area contributed by atoms with Crippen LogP contribution in [0.1, 0.15) is 39.5 Å². The fourth-order valence-corrected chi connectivity index (χ4v) is 6.73. The van der Waals surface area contributed by atoms with Gasteiger partial charge in [0.2, 0.25) is 0 Å². The molecule has 0 aliphatic heterocycles. The van der Waals surface area contributed by atoms with Gasteiger partial charge in [0.15, 0.2) is 0 Å². The van der Waals surface area contributed by atoms with Crippen LogP contribution in [0.5, 0.6) is 0 Å². The number of rotatable bonds is 5.